The molecule has 0 fully saturated rings. The Labute approximate surface area is 159 Å². The molecule has 1 aliphatic rings. The number of aromatic nitrogens is 4. The first-order valence-electron chi connectivity index (χ1n) is 8.02. The molecule has 9 heteroatoms. The number of carbonyl (C=O) groups is 1. The Morgan fingerprint density at radius 3 is 2.69 bits per heavy atom. The first-order chi connectivity index (χ1) is 12.5. The number of halogens is 2. The first kappa shape index (κ1) is 17.1. The summed E-state index contributed by atoms with van der Waals surface area (Å²) in [6.07, 6.45) is 5.33. The Kier molecular flexibility index (Phi) is 4.20. The number of nitrogens with one attached hydrogen (secondary N) is 1. The Balaban J connectivity index is 1.72. The van der Waals surface area contributed by atoms with E-state index in [2.05, 4.69) is 19.9 Å². The van der Waals surface area contributed by atoms with Crippen molar-refractivity contribution in [2.75, 3.05) is 13.7 Å². The number of aromatic amines is 1. The van der Waals surface area contributed by atoms with Gasteiger partial charge in [0.1, 0.15) is 10.2 Å². The van der Waals surface area contributed by atoms with E-state index in [1.165, 1.54) is 19.5 Å². The Morgan fingerprint density at radius 1 is 1.27 bits per heavy atom. The minimum atomic E-state index is -0.229. The van der Waals surface area contributed by atoms with Gasteiger partial charge in [-0.15, -0.1) is 0 Å². The van der Waals surface area contributed by atoms with Crippen LogP contribution in [-0.2, 0) is 6.42 Å². The predicted molar refractivity (Wildman–Crippen MR) is 97.9 cm³/mol. The number of hydrogen-bond acceptors (Lipinski definition) is 5. The molecular formula is C17H15Cl2N5O2. The van der Waals surface area contributed by atoms with Crippen molar-refractivity contribution in [1.82, 2.24) is 24.8 Å². The molecule has 3 aromatic heterocycles. The van der Waals surface area contributed by atoms with Gasteiger partial charge < -0.3 is 14.6 Å². The van der Waals surface area contributed by atoms with Crippen molar-refractivity contribution in [3.05, 3.63) is 45.8 Å². The van der Waals surface area contributed by atoms with Crippen molar-refractivity contribution in [3.8, 4) is 5.75 Å². The normalized spacial score (nSPS) is 16.6. The zero-order valence-corrected chi connectivity index (χ0v) is 15.6. The van der Waals surface area contributed by atoms with Crippen LogP contribution in [0, 0.1) is 0 Å². The maximum atomic E-state index is 12.9. The lowest BCUT2D eigenvalue weighted by molar-refractivity contribution is 0.0665. The molecule has 7 nitrogen and oxygen atoms in total. The van der Waals surface area contributed by atoms with Crippen molar-refractivity contribution >= 4 is 40.0 Å². The second kappa shape index (κ2) is 6.41. The van der Waals surface area contributed by atoms with Gasteiger partial charge >= 0.3 is 0 Å². The summed E-state index contributed by atoms with van der Waals surface area (Å²) in [6, 6.07) is -0.176. The van der Waals surface area contributed by atoms with Gasteiger partial charge in [-0.3, -0.25) is 4.79 Å². The van der Waals surface area contributed by atoms with Crippen LogP contribution in [0.25, 0.3) is 10.9 Å². The standard InChI is InChI=1S/C17H15Cl2N5O2/c1-8-12-10-7-20-15(19)13(18)14(10)23-11(12)3-4-24(8)17(25)16-21-5-9(26-2)6-22-16/h5-8,23H,3-4H2,1-2H3/t8-/m1/s1. The summed E-state index contributed by atoms with van der Waals surface area (Å²) in [6.45, 7) is 2.52. The third-order valence-corrected chi connectivity index (χ3v) is 5.42. The third kappa shape index (κ3) is 2.59. The van der Waals surface area contributed by atoms with Crippen LogP contribution in [0.15, 0.2) is 18.6 Å². The Hall–Kier alpha value is -2.38. The van der Waals surface area contributed by atoms with Crippen LogP contribution in [-0.4, -0.2) is 44.4 Å². The predicted octanol–water partition coefficient (Wildman–Crippen LogP) is 3.43. The minimum Gasteiger partial charge on any atom is -0.494 e. The minimum absolute atomic E-state index is 0.139. The summed E-state index contributed by atoms with van der Waals surface area (Å²) in [5, 5.41) is 1.52. The lowest BCUT2D eigenvalue weighted by Gasteiger charge is -2.33. The maximum Gasteiger partial charge on any atom is 0.292 e. The molecule has 4 heterocycles. The molecule has 0 radical (unpaired) electrons. The number of ether oxygens (including phenoxy) is 1. The van der Waals surface area contributed by atoms with Gasteiger partial charge in [-0.1, -0.05) is 23.2 Å². The fraction of sp³-hybridized carbons (Fsp3) is 0.294. The van der Waals surface area contributed by atoms with E-state index in [1.54, 1.807) is 11.1 Å². The lowest BCUT2D eigenvalue weighted by atomic mass is 9.97. The van der Waals surface area contributed by atoms with E-state index >= 15 is 0 Å². The van der Waals surface area contributed by atoms with E-state index in [9.17, 15) is 4.79 Å². The molecule has 0 aliphatic carbocycles. The van der Waals surface area contributed by atoms with E-state index < -0.39 is 0 Å². The zero-order valence-electron chi connectivity index (χ0n) is 14.1. The van der Waals surface area contributed by atoms with Crippen LogP contribution in [0.4, 0.5) is 0 Å². The highest BCUT2D eigenvalue weighted by atomic mass is 35.5. The summed E-state index contributed by atoms with van der Waals surface area (Å²) >= 11 is 12.3. The van der Waals surface area contributed by atoms with Crippen molar-refractivity contribution in [2.24, 2.45) is 0 Å². The molecule has 4 rings (SSSR count). The molecule has 0 aromatic carbocycles. The fourth-order valence-corrected chi connectivity index (χ4v) is 3.71. The number of pyridine rings is 1. The summed E-state index contributed by atoms with van der Waals surface area (Å²) in [5.74, 6) is 0.415. The average molecular weight is 392 g/mol. The van der Waals surface area contributed by atoms with Gasteiger partial charge in [-0.25, -0.2) is 15.0 Å². The molecular weight excluding hydrogens is 377 g/mol. The summed E-state index contributed by atoms with van der Waals surface area (Å²) in [7, 11) is 1.52. The van der Waals surface area contributed by atoms with Gasteiger partial charge in [-0.05, 0) is 6.92 Å². The smallest absolute Gasteiger partial charge is 0.292 e. The highest BCUT2D eigenvalue weighted by molar-refractivity contribution is 6.44. The monoisotopic (exact) mass is 391 g/mol. The number of nitrogens with zero attached hydrogens (tertiary/aromatic N) is 4. The van der Waals surface area contributed by atoms with Gasteiger partial charge in [0.15, 0.2) is 5.75 Å². The third-order valence-electron chi connectivity index (χ3n) is 4.67. The van der Waals surface area contributed by atoms with Crippen molar-refractivity contribution in [1.29, 1.82) is 0 Å². The van der Waals surface area contributed by atoms with Crippen molar-refractivity contribution in [3.63, 3.8) is 0 Å². The van der Waals surface area contributed by atoms with Crippen LogP contribution >= 0.6 is 23.2 Å². The first-order valence-corrected chi connectivity index (χ1v) is 8.78. The van der Waals surface area contributed by atoms with E-state index in [0.29, 0.717) is 23.7 Å². The van der Waals surface area contributed by atoms with Crippen LogP contribution in [0.1, 0.15) is 34.8 Å². The molecule has 0 saturated heterocycles. The second-order valence-corrected chi connectivity index (χ2v) is 6.78. The van der Waals surface area contributed by atoms with E-state index in [4.69, 9.17) is 27.9 Å². The molecule has 0 unspecified atom stereocenters. The number of rotatable bonds is 2. The quantitative estimate of drug-likeness (QED) is 0.676. The number of hydrogen-bond donors (Lipinski definition) is 1. The summed E-state index contributed by atoms with van der Waals surface area (Å²) < 4.78 is 5.04. The van der Waals surface area contributed by atoms with Gasteiger partial charge in [0, 0.05) is 35.8 Å². The highest BCUT2D eigenvalue weighted by Gasteiger charge is 2.33. The SMILES string of the molecule is COc1cnc(C(=O)N2CCc3[nH]c4c(Cl)c(Cl)ncc4c3[C@H]2C)nc1. The average Bonchev–Trinajstić information content (AvgIpc) is 3.05. The largest absolute Gasteiger partial charge is 0.494 e. The van der Waals surface area contributed by atoms with Crippen LogP contribution < -0.4 is 4.74 Å². The molecule has 0 saturated carbocycles. The van der Waals surface area contributed by atoms with Gasteiger partial charge in [-0.2, -0.15) is 0 Å². The van der Waals surface area contributed by atoms with E-state index in [0.717, 1.165) is 22.2 Å². The molecule has 134 valence electrons. The van der Waals surface area contributed by atoms with Gasteiger partial charge in [0.2, 0.25) is 5.82 Å². The molecule has 0 bridgehead atoms. The molecule has 26 heavy (non-hydrogen) atoms. The van der Waals surface area contributed by atoms with Crippen LogP contribution in [0.2, 0.25) is 10.2 Å². The van der Waals surface area contributed by atoms with Gasteiger partial charge in [0.05, 0.1) is 31.1 Å². The molecule has 0 spiro atoms. The summed E-state index contributed by atoms with van der Waals surface area (Å²) in [4.78, 5) is 30.3. The van der Waals surface area contributed by atoms with Crippen LogP contribution in [0.5, 0.6) is 5.75 Å². The Bertz CT molecular complexity index is 1000. The number of H-pyrrole nitrogens is 1. The van der Waals surface area contributed by atoms with Gasteiger partial charge in [0.25, 0.3) is 5.91 Å². The molecule has 1 amide bonds. The van der Waals surface area contributed by atoms with E-state index in [-0.39, 0.29) is 22.9 Å². The van der Waals surface area contributed by atoms with Crippen molar-refractivity contribution < 1.29 is 9.53 Å². The molecule has 1 aliphatic heterocycles. The number of amides is 1. The number of methoxy groups -OCH3 is 1. The van der Waals surface area contributed by atoms with Crippen molar-refractivity contribution in [2.45, 2.75) is 19.4 Å². The lowest BCUT2D eigenvalue weighted by Crippen LogP contribution is -2.39. The Morgan fingerprint density at radius 2 is 2.00 bits per heavy atom. The molecule has 3 aromatic rings. The highest BCUT2D eigenvalue weighted by Crippen LogP contribution is 2.39. The van der Waals surface area contributed by atoms with Crippen LogP contribution in [0.3, 0.4) is 0 Å². The fourth-order valence-electron chi connectivity index (χ4n) is 3.37. The molecule has 1 atom stereocenters. The topological polar surface area (TPSA) is 84.0 Å². The van der Waals surface area contributed by atoms with E-state index in [1.807, 2.05) is 6.92 Å². The molecule has 1 N–H and O–H groups in total. The number of carbonyl (C=O) groups excluding carboxylic acids is 1. The maximum absolute atomic E-state index is 12.9. The number of fused-ring (bicyclic) bond motifs is 3. The second-order valence-electron chi connectivity index (χ2n) is 6.04. The zero-order chi connectivity index (χ0) is 18.4. The summed E-state index contributed by atoms with van der Waals surface area (Å²) in [5.41, 5.74) is 2.79.